The maximum atomic E-state index is 12.9. The Labute approximate surface area is 164 Å². The molecule has 2 atom stereocenters. The lowest BCUT2D eigenvalue weighted by molar-refractivity contribution is 0.164. The number of hydrogen-bond acceptors (Lipinski definition) is 3. The summed E-state index contributed by atoms with van der Waals surface area (Å²) in [4.78, 5) is 24.4. The second-order valence-electron chi connectivity index (χ2n) is 7.46. The number of nitrogens with one attached hydrogen (secondary N) is 1. The molecule has 2 amide bonds. The van der Waals surface area contributed by atoms with Gasteiger partial charge >= 0.3 is 6.03 Å². The number of amides is 2. The van der Waals surface area contributed by atoms with Gasteiger partial charge in [-0.2, -0.15) is 0 Å². The van der Waals surface area contributed by atoms with E-state index in [-0.39, 0.29) is 18.1 Å². The summed E-state index contributed by atoms with van der Waals surface area (Å²) >= 11 is 0. The number of urea groups is 1. The Hall–Kier alpha value is -3.21. The molecule has 5 rings (SSSR count). The lowest BCUT2D eigenvalue weighted by Gasteiger charge is -2.35. The van der Waals surface area contributed by atoms with Gasteiger partial charge in [0.15, 0.2) is 5.82 Å². The van der Waals surface area contributed by atoms with Crippen LogP contribution in [0.15, 0.2) is 66.9 Å². The SMILES string of the molecule is O=C(NCc1ccccc1)N1C2CCC1c1cnc(-c3ccccc3)nc1C2. The molecule has 1 N–H and O–H groups in total. The van der Waals surface area contributed by atoms with Crippen LogP contribution in [0.1, 0.15) is 35.7 Å². The lowest BCUT2D eigenvalue weighted by atomic mass is 9.99. The predicted molar refractivity (Wildman–Crippen MR) is 107 cm³/mol. The zero-order valence-corrected chi connectivity index (χ0v) is 15.6. The van der Waals surface area contributed by atoms with E-state index < -0.39 is 0 Å². The van der Waals surface area contributed by atoms with Crippen LogP contribution < -0.4 is 5.32 Å². The lowest BCUT2D eigenvalue weighted by Crippen LogP contribution is -2.47. The summed E-state index contributed by atoms with van der Waals surface area (Å²) in [5.41, 5.74) is 4.33. The van der Waals surface area contributed by atoms with Crippen LogP contribution in [-0.4, -0.2) is 26.9 Å². The first-order chi connectivity index (χ1) is 13.8. The van der Waals surface area contributed by atoms with Gasteiger partial charge in [0.1, 0.15) is 0 Å². The second kappa shape index (κ2) is 7.08. The van der Waals surface area contributed by atoms with E-state index in [9.17, 15) is 4.79 Å². The summed E-state index contributed by atoms with van der Waals surface area (Å²) in [6, 6.07) is 20.4. The normalized spacial score (nSPS) is 19.9. The predicted octanol–water partition coefficient (Wildman–Crippen LogP) is 4.12. The Balaban J connectivity index is 1.36. The highest BCUT2D eigenvalue weighted by molar-refractivity contribution is 5.76. The van der Waals surface area contributed by atoms with Crippen LogP contribution in [0.3, 0.4) is 0 Å². The standard InChI is InChI=1S/C23H22N4O/c28-23(25-14-16-7-3-1-4-8-16)27-18-11-12-21(27)19-15-24-22(26-20(19)13-18)17-9-5-2-6-10-17/h1-10,15,18,21H,11-14H2,(H,25,28). The van der Waals surface area contributed by atoms with Gasteiger partial charge in [0, 0.05) is 36.3 Å². The van der Waals surface area contributed by atoms with Crippen LogP contribution >= 0.6 is 0 Å². The van der Waals surface area contributed by atoms with Gasteiger partial charge in [-0.25, -0.2) is 14.8 Å². The summed E-state index contributed by atoms with van der Waals surface area (Å²) in [5, 5.41) is 3.08. The average molecular weight is 370 g/mol. The maximum Gasteiger partial charge on any atom is 0.318 e. The van der Waals surface area contributed by atoms with Crippen molar-refractivity contribution in [1.82, 2.24) is 20.2 Å². The van der Waals surface area contributed by atoms with Gasteiger partial charge in [0.25, 0.3) is 0 Å². The first kappa shape index (κ1) is 16.9. The van der Waals surface area contributed by atoms with E-state index in [0.29, 0.717) is 6.54 Å². The Morgan fingerprint density at radius 2 is 1.79 bits per heavy atom. The smallest absolute Gasteiger partial charge is 0.318 e. The van der Waals surface area contributed by atoms with Crippen molar-refractivity contribution in [3.05, 3.63) is 83.7 Å². The molecule has 2 bridgehead atoms. The zero-order chi connectivity index (χ0) is 18.9. The molecule has 5 heteroatoms. The number of hydrogen-bond donors (Lipinski definition) is 1. The monoisotopic (exact) mass is 370 g/mol. The van der Waals surface area contributed by atoms with Crippen molar-refractivity contribution in [2.75, 3.05) is 0 Å². The number of fused-ring (bicyclic) bond motifs is 4. The van der Waals surface area contributed by atoms with Crippen molar-refractivity contribution >= 4 is 6.03 Å². The highest BCUT2D eigenvalue weighted by Gasteiger charge is 2.43. The van der Waals surface area contributed by atoms with Crippen LogP contribution in [0.5, 0.6) is 0 Å². The molecular weight excluding hydrogens is 348 g/mol. The van der Waals surface area contributed by atoms with E-state index in [4.69, 9.17) is 4.98 Å². The van der Waals surface area contributed by atoms with E-state index in [1.54, 1.807) is 0 Å². The summed E-state index contributed by atoms with van der Waals surface area (Å²) in [7, 11) is 0. The van der Waals surface area contributed by atoms with Crippen molar-refractivity contribution in [2.24, 2.45) is 0 Å². The van der Waals surface area contributed by atoms with Gasteiger partial charge in [-0.3, -0.25) is 0 Å². The topological polar surface area (TPSA) is 58.1 Å². The summed E-state index contributed by atoms with van der Waals surface area (Å²) in [6.07, 6.45) is 4.71. The van der Waals surface area contributed by atoms with Crippen LogP contribution in [0, 0.1) is 0 Å². The van der Waals surface area contributed by atoms with Crippen molar-refractivity contribution in [3.63, 3.8) is 0 Å². The fourth-order valence-electron chi connectivity index (χ4n) is 4.38. The van der Waals surface area contributed by atoms with Gasteiger partial charge in [0.05, 0.1) is 11.7 Å². The molecule has 2 aromatic carbocycles. The van der Waals surface area contributed by atoms with E-state index >= 15 is 0 Å². The molecule has 140 valence electrons. The molecule has 0 aliphatic carbocycles. The molecule has 1 aromatic heterocycles. The van der Waals surface area contributed by atoms with E-state index in [1.807, 2.05) is 71.8 Å². The van der Waals surface area contributed by atoms with Gasteiger partial charge in [-0.15, -0.1) is 0 Å². The quantitative estimate of drug-likeness (QED) is 0.755. The van der Waals surface area contributed by atoms with Gasteiger partial charge < -0.3 is 10.2 Å². The molecule has 1 fully saturated rings. The van der Waals surface area contributed by atoms with Crippen LogP contribution in [0.2, 0.25) is 0 Å². The summed E-state index contributed by atoms with van der Waals surface area (Å²) < 4.78 is 0. The molecular formula is C23H22N4O. The molecule has 5 nitrogen and oxygen atoms in total. The molecule has 0 saturated carbocycles. The number of carbonyl (C=O) groups excluding carboxylic acids is 1. The second-order valence-corrected chi connectivity index (χ2v) is 7.46. The third-order valence-corrected chi connectivity index (χ3v) is 5.74. The minimum atomic E-state index is 0.00846. The molecule has 28 heavy (non-hydrogen) atoms. The molecule has 2 aliphatic heterocycles. The first-order valence-corrected chi connectivity index (χ1v) is 9.81. The Morgan fingerprint density at radius 1 is 1.04 bits per heavy atom. The largest absolute Gasteiger partial charge is 0.334 e. The third-order valence-electron chi connectivity index (χ3n) is 5.74. The number of aromatic nitrogens is 2. The molecule has 0 spiro atoms. The molecule has 2 aliphatic rings. The van der Waals surface area contributed by atoms with Crippen LogP contribution in [-0.2, 0) is 13.0 Å². The van der Waals surface area contributed by atoms with Crippen molar-refractivity contribution < 1.29 is 4.79 Å². The fraction of sp³-hybridized carbons (Fsp3) is 0.261. The average Bonchev–Trinajstić information content (AvgIpc) is 3.08. The minimum Gasteiger partial charge on any atom is -0.334 e. The molecule has 0 radical (unpaired) electrons. The molecule has 1 saturated heterocycles. The number of nitrogens with zero attached hydrogens (tertiary/aromatic N) is 3. The van der Waals surface area contributed by atoms with Gasteiger partial charge in [0.2, 0.25) is 0 Å². The Kier molecular flexibility index (Phi) is 4.28. The number of rotatable bonds is 3. The highest BCUT2D eigenvalue weighted by atomic mass is 16.2. The van der Waals surface area contributed by atoms with Crippen molar-refractivity contribution in [3.8, 4) is 11.4 Å². The third kappa shape index (κ3) is 3.03. The Morgan fingerprint density at radius 3 is 2.57 bits per heavy atom. The van der Waals surface area contributed by atoms with Crippen molar-refractivity contribution in [1.29, 1.82) is 0 Å². The summed E-state index contributed by atoms with van der Waals surface area (Å²) in [5.74, 6) is 0.765. The minimum absolute atomic E-state index is 0.00846. The first-order valence-electron chi connectivity index (χ1n) is 9.81. The van der Waals surface area contributed by atoms with Crippen molar-refractivity contribution in [2.45, 2.75) is 37.9 Å². The molecule has 3 aromatic rings. The molecule has 3 heterocycles. The van der Waals surface area contributed by atoms with E-state index in [0.717, 1.165) is 47.5 Å². The number of carbonyl (C=O) groups is 1. The van der Waals surface area contributed by atoms with Crippen LogP contribution in [0.25, 0.3) is 11.4 Å². The maximum absolute atomic E-state index is 12.9. The van der Waals surface area contributed by atoms with Gasteiger partial charge in [-0.1, -0.05) is 60.7 Å². The highest BCUT2D eigenvalue weighted by Crippen LogP contribution is 2.43. The van der Waals surface area contributed by atoms with E-state index in [2.05, 4.69) is 10.3 Å². The van der Waals surface area contributed by atoms with Crippen LogP contribution in [0.4, 0.5) is 4.79 Å². The molecule has 2 unspecified atom stereocenters. The van der Waals surface area contributed by atoms with Gasteiger partial charge in [-0.05, 0) is 18.4 Å². The zero-order valence-electron chi connectivity index (χ0n) is 15.6. The number of benzene rings is 2. The summed E-state index contributed by atoms with van der Waals surface area (Å²) in [6.45, 7) is 0.548. The van der Waals surface area contributed by atoms with E-state index in [1.165, 1.54) is 0 Å². The fourth-order valence-corrected chi connectivity index (χ4v) is 4.38. The Bertz CT molecular complexity index is 990.